The Balaban J connectivity index is 2.66. The van der Waals surface area contributed by atoms with E-state index < -0.39 is 0 Å². The SMILES string of the molecule is C#CCN=Cc1ccc(C)cc1. The molecule has 12 heavy (non-hydrogen) atoms. The number of hydrogen-bond acceptors (Lipinski definition) is 1. The van der Waals surface area contributed by atoms with Crippen molar-refractivity contribution in [3.63, 3.8) is 0 Å². The second-order valence-corrected chi connectivity index (χ2v) is 2.58. The summed E-state index contributed by atoms with van der Waals surface area (Å²) in [5.41, 5.74) is 2.35. The molecule has 0 aromatic heterocycles. The molecule has 0 aliphatic carbocycles. The van der Waals surface area contributed by atoms with Crippen molar-refractivity contribution in [3.8, 4) is 12.3 Å². The molecule has 0 spiro atoms. The molecular weight excluding hydrogens is 146 g/mol. The quantitative estimate of drug-likeness (QED) is 0.460. The van der Waals surface area contributed by atoms with Crippen LogP contribution in [0.4, 0.5) is 0 Å². The van der Waals surface area contributed by atoms with Crippen molar-refractivity contribution < 1.29 is 0 Å². The molecule has 0 unspecified atom stereocenters. The molecule has 60 valence electrons. The first-order valence-corrected chi connectivity index (χ1v) is 3.83. The maximum Gasteiger partial charge on any atom is 0.0995 e. The monoisotopic (exact) mass is 157 g/mol. The van der Waals surface area contributed by atoms with Gasteiger partial charge >= 0.3 is 0 Å². The molecular formula is C11H11N. The zero-order valence-corrected chi connectivity index (χ0v) is 7.12. The highest BCUT2D eigenvalue weighted by atomic mass is 14.7. The lowest BCUT2D eigenvalue weighted by Gasteiger charge is -1.92. The zero-order valence-electron chi connectivity index (χ0n) is 7.12. The van der Waals surface area contributed by atoms with Crippen molar-refractivity contribution in [2.24, 2.45) is 4.99 Å². The molecule has 1 heteroatoms. The predicted octanol–water partition coefficient (Wildman–Crippen LogP) is 2.05. The first-order chi connectivity index (χ1) is 5.83. The minimum absolute atomic E-state index is 0.452. The average molecular weight is 157 g/mol. The lowest BCUT2D eigenvalue weighted by Crippen LogP contribution is -1.82. The van der Waals surface area contributed by atoms with Crippen LogP contribution in [0.25, 0.3) is 0 Å². The van der Waals surface area contributed by atoms with E-state index in [1.165, 1.54) is 5.56 Å². The van der Waals surface area contributed by atoms with E-state index in [0.717, 1.165) is 5.56 Å². The summed E-state index contributed by atoms with van der Waals surface area (Å²) in [5.74, 6) is 2.45. The van der Waals surface area contributed by atoms with Gasteiger partial charge in [-0.1, -0.05) is 35.7 Å². The Morgan fingerprint density at radius 3 is 2.67 bits per heavy atom. The Morgan fingerprint density at radius 2 is 2.08 bits per heavy atom. The summed E-state index contributed by atoms with van der Waals surface area (Å²) in [6.45, 7) is 2.51. The molecule has 0 heterocycles. The number of hydrogen-bond donors (Lipinski definition) is 0. The molecule has 1 rings (SSSR count). The first-order valence-electron chi connectivity index (χ1n) is 3.83. The third-order valence-corrected chi connectivity index (χ3v) is 1.50. The molecule has 0 amide bonds. The van der Waals surface area contributed by atoms with E-state index in [1.807, 2.05) is 12.1 Å². The van der Waals surface area contributed by atoms with Crippen LogP contribution >= 0.6 is 0 Å². The minimum Gasteiger partial charge on any atom is -0.280 e. The molecule has 0 N–H and O–H groups in total. The summed E-state index contributed by atoms with van der Waals surface area (Å²) in [6.07, 6.45) is 6.84. The topological polar surface area (TPSA) is 12.4 Å². The van der Waals surface area contributed by atoms with E-state index >= 15 is 0 Å². The summed E-state index contributed by atoms with van der Waals surface area (Å²) >= 11 is 0. The van der Waals surface area contributed by atoms with Crippen molar-refractivity contribution in [1.82, 2.24) is 0 Å². The molecule has 1 nitrogen and oxygen atoms in total. The van der Waals surface area contributed by atoms with Gasteiger partial charge in [-0.2, -0.15) is 0 Å². The minimum atomic E-state index is 0.452. The number of nitrogens with zero attached hydrogens (tertiary/aromatic N) is 1. The second kappa shape index (κ2) is 4.35. The van der Waals surface area contributed by atoms with E-state index in [2.05, 4.69) is 30.0 Å². The van der Waals surface area contributed by atoms with E-state index in [0.29, 0.717) is 6.54 Å². The van der Waals surface area contributed by atoms with Crippen LogP contribution in [-0.2, 0) is 0 Å². The predicted molar refractivity (Wildman–Crippen MR) is 52.5 cm³/mol. The molecule has 1 aromatic rings. The highest BCUT2D eigenvalue weighted by molar-refractivity contribution is 5.79. The van der Waals surface area contributed by atoms with Crippen LogP contribution in [0.15, 0.2) is 29.3 Å². The number of rotatable bonds is 2. The van der Waals surface area contributed by atoms with Gasteiger partial charge in [-0.25, -0.2) is 0 Å². The van der Waals surface area contributed by atoms with Gasteiger partial charge in [0.25, 0.3) is 0 Å². The van der Waals surface area contributed by atoms with Crippen LogP contribution in [0.5, 0.6) is 0 Å². The summed E-state index contributed by atoms with van der Waals surface area (Å²) < 4.78 is 0. The molecule has 1 aromatic carbocycles. The van der Waals surface area contributed by atoms with Gasteiger partial charge < -0.3 is 0 Å². The average Bonchev–Trinajstić information content (AvgIpc) is 2.09. The van der Waals surface area contributed by atoms with Gasteiger partial charge in [0.2, 0.25) is 0 Å². The molecule has 0 atom stereocenters. The number of aliphatic imine (C=N–C) groups is 1. The third-order valence-electron chi connectivity index (χ3n) is 1.50. The number of aryl methyl sites for hydroxylation is 1. The fraction of sp³-hybridized carbons (Fsp3) is 0.182. The Morgan fingerprint density at radius 1 is 1.42 bits per heavy atom. The second-order valence-electron chi connectivity index (χ2n) is 2.58. The molecule has 0 radical (unpaired) electrons. The van der Waals surface area contributed by atoms with Crippen molar-refractivity contribution in [2.75, 3.05) is 6.54 Å². The largest absolute Gasteiger partial charge is 0.280 e. The van der Waals surface area contributed by atoms with Crippen LogP contribution in [0.2, 0.25) is 0 Å². The third kappa shape index (κ3) is 2.59. The van der Waals surface area contributed by atoms with Gasteiger partial charge in [0.15, 0.2) is 0 Å². The fourth-order valence-electron chi connectivity index (χ4n) is 0.856. The fourth-order valence-corrected chi connectivity index (χ4v) is 0.856. The number of terminal acetylenes is 1. The Kier molecular flexibility index (Phi) is 3.10. The van der Waals surface area contributed by atoms with E-state index in [-0.39, 0.29) is 0 Å². The van der Waals surface area contributed by atoms with Gasteiger partial charge in [0.1, 0.15) is 0 Å². The van der Waals surface area contributed by atoms with Gasteiger partial charge in [0.05, 0.1) is 6.54 Å². The highest BCUT2D eigenvalue weighted by Gasteiger charge is 1.85. The summed E-state index contributed by atoms with van der Waals surface area (Å²) in [7, 11) is 0. The van der Waals surface area contributed by atoms with E-state index in [4.69, 9.17) is 6.42 Å². The summed E-state index contributed by atoms with van der Waals surface area (Å²) in [6, 6.07) is 8.15. The van der Waals surface area contributed by atoms with E-state index in [9.17, 15) is 0 Å². The molecule has 0 fully saturated rings. The lowest BCUT2D eigenvalue weighted by atomic mass is 10.2. The standard InChI is InChI=1S/C11H11N/c1-3-8-12-9-11-6-4-10(2)5-7-11/h1,4-7,9H,8H2,2H3. The highest BCUT2D eigenvalue weighted by Crippen LogP contribution is 1.99. The molecule has 0 bridgehead atoms. The zero-order chi connectivity index (χ0) is 8.81. The van der Waals surface area contributed by atoms with E-state index in [1.54, 1.807) is 6.21 Å². The molecule has 0 aliphatic rings. The van der Waals surface area contributed by atoms with Crippen molar-refractivity contribution in [1.29, 1.82) is 0 Å². The molecule has 0 aliphatic heterocycles. The maximum absolute atomic E-state index is 5.05. The van der Waals surface area contributed by atoms with Crippen molar-refractivity contribution >= 4 is 6.21 Å². The van der Waals surface area contributed by atoms with Crippen LogP contribution in [-0.4, -0.2) is 12.8 Å². The maximum atomic E-state index is 5.05. The molecule has 0 saturated carbocycles. The van der Waals surface area contributed by atoms with Gasteiger partial charge in [0, 0.05) is 6.21 Å². The van der Waals surface area contributed by atoms with Gasteiger partial charge in [-0.3, -0.25) is 4.99 Å². The van der Waals surface area contributed by atoms with Gasteiger partial charge in [-0.15, -0.1) is 6.42 Å². The van der Waals surface area contributed by atoms with Crippen LogP contribution < -0.4 is 0 Å². The van der Waals surface area contributed by atoms with Crippen molar-refractivity contribution in [3.05, 3.63) is 35.4 Å². The van der Waals surface area contributed by atoms with Gasteiger partial charge in [-0.05, 0) is 12.5 Å². The van der Waals surface area contributed by atoms with Crippen LogP contribution in [0, 0.1) is 19.3 Å². The first kappa shape index (κ1) is 8.55. The van der Waals surface area contributed by atoms with Crippen molar-refractivity contribution in [2.45, 2.75) is 6.92 Å². The van der Waals surface area contributed by atoms with Crippen LogP contribution in [0.1, 0.15) is 11.1 Å². The molecule has 0 saturated heterocycles. The lowest BCUT2D eigenvalue weighted by molar-refractivity contribution is 1.30. The Hall–Kier alpha value is -1.55. The normalized spacial score (nSPS) is 10.0. The number of benzene rings is 1. The smallest absolute Gasteiger partial charge is 0.0995 e. The summed E-state index contributed by atoms with van der Waals surface area (Å²) in [4.78, 5) is 4.03. The Bertz CT molecular complexity index is 301. The van der Waals surface area contributed by atoms with Crippen LogP contribution in [0.3, 0.4) is 0 Å². The Labute approximate surface area is 73.2 Å². The summed E-state index contributed by atoms with van der Waals surface area (Å²) in [5, 5.41) is 0.